The Kier molecular flexibility index (Phi) is 3.52. The maximum atomic E-state index is 13.6. The zero-order chi connectivity index (χ0) is 13.3. The van der Waals surface area contributed by atoms with Crippen LogP contribution in [0.2, 0.25) is 0 Å². The minimum absolute atomic E-state index is 0.124. The van der Waals surface area contributed by atoms with Gasteiger partial charge in [-0.1, -0.05) is 0 Å². The lowest BCUT2D eigenvalue weighted by molar-refractivity contribution is 0.452. The minimum atomic E-state index is -1.48. The number of hydrogen-bond donors (Lipinski definition) is 1. The third-order valence-corrected chi connectivity index (χ3v) is 2.84. The highest BCUT2D eigenvalue weighted by atomic mass is 19.2. The molecule has 2 N–H and O–H groups in total. The smallest absolute Gasteiger partial charge is 0.196 e. The van der Waals surface area contributed by atoms with Crippen molar-refractivity contribution in [3.05, 3.63) is 40.8 Å². The molecule has 0 unspecified atom stereocenters. The lowest BCUT2D eigenvalue weighted by Gasteiger charge is -2.08. The summed E-state index contributed by atoms with van der Waals surface area (Å²) in [5, 5.41) is 0.294. The Balaban J connectivity index is 2.64. The summed E-state index contributed by atoms with van der Waals surface area (Å²) in [6.07, 6.45) is 1.30. The van der Waals surface area contributed by atoms with Crippen LogP contribution in [0.15, 0.2) is 12.1 Å². The van der Waals surface area contributed by atoms with Gasteiger partial charge in [0.2, 0.25) is 0 Å². The van der Waals surface area contributed by atoms with Crippen LogP contribution in [0.3, 0.4) is 0 Å². The van der Waals surface area contributed by atoms with Crippen molar-refractivity contribution in [2.45, 2.75) is 19.8 Å². The third-order valence-electron chi connectivity index (χ3n) is 2.84. The summed E-state index contributed by atoms with van der Waals surface area (Å²) in [5.41, 5.74) is 6.57. The van der Waals surface area contributed by atoms with Crippen LogP contribution >= 0.6 is 0 Å². The summed E-state index contributed by atoms with van der Waals surface area (Å²) in [5.74, 6) is -3.91. The standard InChI is InChI=1S/C13H13F3N2/c1-7-5-8(3-2-4-17)18-13-9(7)6-10(14)11(15)12(13)16/h5-6H,2-4,17H2,1H3. The van der Waals surface area contributed by atoms with Crippen LogP contribution in [-0.2, 0) is 6.42 Å². The quantitative estimate of drug-likeness (QED) is 0.855. The van der Waals surface area contributed by atoms with Crippen molar-refractivity contribution in [1.29, 1.82) is 0 Å². The van der Waals surface area contributed by atoms with Gasteiger partial charge < -0.3 is 5.73 Å². The van der Waals surface area contributed by atoms with Gasteiger partial charge in [-0.15, -0.1) is 0 Å². The van der Waals surface area contributed by atoms with Crippen molar-refractivity contribution in [3.8, 4) is 0 Å². The molecule has 0 saturated carbocycles. The first-order chi connectivity index (χ1) is 8.54. The molecule has 0 saturated heterocycles. The van der Waals surface area contributed by atoms with Gasteiger partial charge in [-0.05, 0) is 44.0 Å². The Hall–Kier alpha value is -1.62. The number of halogens is 3. The fraction of sp³-hybridized carbons (Fsp3) is 0.308. The van der Waals surface area contributed by atoms with Gasteiger partial charge in [-0.25, -0.2) is 18.2 Å². The summed E-state index contributed by atoms with van der Waals surface area (Å²) in [6.45, 7) is 2.21. The molecule has 5 heteroatoms. The van der Waals surface area contributed by atoms with Crippen molar-refractivity contribution >= 4 is 10.9 Å². The Labute approximate surface area is 103 Å². The summed E-state index contributed by atoms with van der Waals surface area (Å²) < 4.78 is 39.9. The average molecular weight is 254 g/mol. The number of aryl methyl sites for hydroxylation is 2. The van der Waals surface area contributed by atoms with Crippen LogP contribution in [-0.4, -0.2) is 11.5 Å². The van der Waals surface area contributed by atoms with E-state index in [0.717, 1.165) is 6.07 Å². The number of hydrogen-bond acceptors (Lipinski definition) is 2. The SMILES string of the molecule is Cc1cc(CCCN)nc2c(F)c(F)c(F)cc12. The lowest BCUT2D eigenvalue weighted by atomic mass is 10.1. The molecule has 0 bridgehead atoms. The predicted octanol–water partition coefficient (Wildman–Crippen LogP) is 2.85. The van der Waals surface area contributed by atoms with E-state index in [1.54, 1.807) is 13.0 Å². The predicted molar refractivity (Wildman–Crippen MR) is 63.7 cm³/mol. The Bertz CT molecular complexity index is 597. The second-order valence-corrected chi connectivity index (χ2v) is 4.21. The monoisotopic (exact) mass is 254 g/mol. The van der Waals surface area contributed by atoms with Crippen molar-refractivity contribution in [2.75, 3.05) is 6.54 Å². The molecule has 96 valence electrons. The van der Waals surface area contributed by atoms with Gasteiger partial charge in [0.1, 0.15) is 5.52 Å². The molecule has 0 radical (unpaired) electrons. The average Bonchev–Trinajstić information content (AvgIpc) is 2.35. The molecule has 0 atom stereocenters. The topological polar surface area (TPSA) is 38.9 Å². The number of fused-ring (bicyclic) bond motifs is 1. The first kappa shape index (κ1) is 12.8. The molecule has 2 aromatic rings. The highest BCUT2D eigenvalue weighted by Crippen LogP contribution is 2.25. The molecule has 18 heavy (non-hydrogen) atoms. The van der Waals surface area contributed by atoms with E-state index >= 15 is 0 Å². The second kappa shape index (κ2) is 4.94. The first-order valence-corrected chi connectivity index (χ1v) is 5.68. The van der Waals surface area contributed by atoms with Gasteiger partial charge in [0.05, 0.1) is 0 Å². The van der Waals surface area contributed by atoms with E-state index in [1.165, 1.54) is 0 Å². The number of pyridine rings is 1. The number of aromatic nitrogens is 1. The third kappa shape index (κ3) is 2.18. The number of rotatable bonds is 3. The molecule has 1 aromatic heterocycles. The zero-order valence-corrected chi connectivity index (χ0v) is 9.93. The number of nitrogens with zero attached hydrogens (tertiary/aromatic N) is 1. The number of benzene rings is 1. The molecular weight excluding hydrogens is 241 g/mol. The summed E-state index contributed by atoms with van der Waals surface area (Å²) in [7, 11) is 0. The van der Waals surface area contributed by atoms with Crippen molar-refractivity contribution < 1.29 is 13.2 Å². The fourth-order valence-corrected chi connectivity index (χ4v) is 1.91. The summed E-state index contributed by atoms with van der Waals surface area (Å²) in [4.78, 5) is 4.04. The van der Waals surface area contributed by atoms with Crippen LogP contribution in [0.5, 0.6) is 0 Å². The highest BCUT2D eigenvalue weighted by Gasteiger charge is 2.16. The number of nitrogens with two attached hydrogens (primary N) is 1. The van der Waals surface area contributed by atoms with Crippen molar-refractivity contribution in [3.63, 3.8) is 0 Å². The largest absolute Gasteiger partial charge is 0.330 e. The van der Waals surface area contributed by atoms with Gasteiger partial charge in [-0.2, -0.15) is 0 Å². The maximum absolute atomic E-state index is 13.6. The Morgan fingerprint density at radius 1 is 1.17 bits per heavy atom. The fourth-order valence-electron chi connectivity index (χ4n) is 1.91. The molecular formula is C13H13F3N2. The van der Waals surface area contributed by atoms with E-state index in [0.29, 0.717) is 36.0 Å². The van der Waals surface area contributed by atoms with E-state index in [2.05, 4.69) is 4.98 Å². The van der Waals surface area contributed by atoms with Crippen LogP contribution in [0, 0.1) is 24.4 Å². The van der Waals surface area contributed by atoms with Gasteiger partial charge >= 0.3 is 0 Å². The van der Waals surface area contributed by atoms with Crippen LogP contribution in [0.4, 0.5) is 13.2 Å². The first-order valence-electron chi connectivity index (χ1n) is 5.68. The van der Waals surface area contributed by atoms with E-state index in [9.17, 15) is 13.2 Å². The molecule has 1 heterocycles. The van der Waals surface area contributed by atoms with E-state index in [4.69, 9.17) is 5.73 Å². The molecule has 0 aliphatic rings. The summed E-state index contributed by atoms with van der Waals surface area (Å²) in [6, 6.07) is 2.72. The minimum Gasteiger partial charge on any atom is -0.330 e. The maximum Gasteiger partial charge on any atom is 0.196 e. The van der Waals surface area contributed by atoms with Crippen LogP contribution < -0.4 is 5.73 Å². The summed E-state index contributed by atoms with van der Waals surface area (Å²) >= 11 is 0. The van der Waals surface area contributed by atoms with Gasteiger partial charge in [0, 0.05) is 11.1 Å². The molecule has 0 spiro atoms. The molecule has 1 aromatic carbocycles. The highest BCUT2D eigenvalue weighted by molar-refractivity contribution is 5.83. The molecule has 0 aliphatic heterocycles. The van der Waals surface area contributed by atoms with E-state index in [1.807, 2.05) is 0 Å². The van der Waals surface area contributed by atoms with Crippen molar-refractivity contribution in [2.24, 2.45) is 5.73 Å². The zero-order valence-electron chi connectivity index (χ0n) is 9.93. The normalized spacial score (nSPS) is 11.2. The molecule has 0 fully saturated rings. The van der Waals surface area contributed by atoms with Crippen molar-refractivity contribution in [1.82, 2.24) is 4.98 Å². The van der Waals surface area contributed by atoms with Gasteiger partial charge in [0.25, 0.3) is 0 Å². The Morgan fingerprint density at radius 3 is 2.56 bits per heavy atom. The molecule has 0 aliphatic carbocycles. The van der Waals surface area contributed by atoms with E-state index < -0.39 is 17.5 Å². The molecule has 2 nitrogen and oxygen atoms in total. The van der Waals surface area contributed by atoms with Gasteiger partial charge in [0.15, 0.2) is 17.5 Å². The van der Waals surface area contributed by atoms with Gasteiger partial charge in [-0.3, -0.25) is 0 Å². The lowest BCUT2D eigenvalue weighted by Crippen LogP contribution is -2.03. The van der Waals surface area contributed by atoms with Crippen LogP contribution in [0.1, 0.15) is 17.7 Å². The van der Waals surface area contributed by atoms with E-state index in [-0.39, 0.29) is 5.52 Å². The molecule has 0 amide bonds. The Morgan fingerprint density at radius 2 is 1.89 bits per heavy atom. The second-order valence-electron chi connectivity index (χ2n) is 4.21. The van der Waals surface area contributed by atoms with Crippen LogP contribution in [0.25, 0.3) is 10.9 Å². The molecule has 2 rings (SSSR count).